The van der Waals surface area contributed by atoms with Gasteiger partial charge in [-0.15, -0.1) is 0 Å². The van der Waals surface area contributed by atoms with E-state index in [0.29, 0.717) is 16.7 Å². The zero-order valence-corrected chi connectivity index (χ0v) is 10.4. The van der Waals surface area contributed by atoms with Crippen LogP contribution < -0.4 is 5.32 Å². The summed E-state index contributed by atoms with van der Waals surface area (Å²) in [5, 5.41) is 17.0. The van der Waals surface area contributed by atoms with E-state index in [1.807, 2.05) is 13.8 Å². The van der Waals surface area contributed by atoms with Crippen molar-refractivity contribution in [2.75, 3.05) is 11.9 Å². The minimum Gasteiger partial charge on any atom is -0.394 e. The molecule has 0 aliphatic heterocycles. The molecule has 2 heterocycles. The number of fused-ring (bicyclic) bond motifs is 1. The van der Waals surface area contributed by atoms with Gasteiger partial charge in [0.15, 0.2) is 0 Å². The van der Waals surface area contributed by atoms with E-state index in [0.717, 1.165) is 6.42 Å². The predicted octanol–water partition coefficient (Wildman–Crippen LogP) is 1.35. The third-order valence-electron chi connectivity index (χ3n) is 2.78. The molecule has 6 nitrogen and oxygen atoms in total. The van der Waals surface area contributed by atoms with Crippen LogP contribution in [-0.2, 0) is 0 Å². The van der Waals surface area contributed by atoms with Crippen LogP contribution in [0.25, 0.3) is 5.78 Å². The molecule has 0 spiro atoms. The first kappa shape index (κ1) is 12.1. The van der Waals surface area contributed by atoms with Crippen molar-refractivity contribution in [2.24, 2.45) is 0 Å². The lowest BCUT2D eigenvalue weighted by molar-refractivity contribution is 0.218. The molecule has 2 aromatic heterocycles. The van der Waals surface area contributed by atoms with Crippen LogP contribution in [0.3, 0.4) is 0 Å². The first-order chi connectivity index (χ1) is 8.08. The van der Waals surface area contributed by atoms with Crippen LogP contribution in [-0.4, -0.2) is 36.8 Å². The first-order valence-electron chi connectivity index (χ1n) is 5.33. The predicted molar refractivity (Wildman–Crippen MR) is 65.2 cm³/mol. The molecule has 2 N–H and O–H groups in total. The fourth-order valence-electron chi connectivity index (χ4n) is 1.42. The second-order valence-electron chi connectivity index (χ2n) is 4.13. The summed E-state index contributed by atoms with van der Waals surface area (Å²) in [4.78, 5) is 8.01. The molecule has 0 saturated heterocycles. The lowest BCUT2D eigenvalue weighted by Gasteiger charge is -2.28. The molecule has 0 radical (unpaired) electrons. The van der Waals surface area contributed by atoms with Crippen molar-refractivity contribution >= 4 is 23.2 Å². The summed E-state index contributed by atoms with van der Waals surface area (Å²) in [6.07, 6.45) is 2.17. The third-order valence-corrected chi connectivity index (χ3v) is 2.97. The van der Waals surface area contributed by atoms with Crippen molar-refractivity contribution in [3.8, 4) is 0 Å². The number of halogens is 1. The van der Waals surface area contributed by atoms with Gasteiger partial charge in [0.05, 0.1) is 12.1 Å². The maximum absolute atomic E-state index is 9.38. The molecule has 2 rings (SSSR count). The lowest BCUT2D eigenvalue weighted by atomic mass is 10.0. The Morgan fingerprint density at radius 2 is 2.35 bits per heavy atom. The number of aromatic nitrogens is 4. The molecule has 2 aromatic rings. The van der Waals surface area contributed by atoms with Gasteiger partial charge in [0.1, 0.15) is 17.3 Å². The van der Waals surface area contributed by atoms with E-state index in [9.17, 15) is 5.11 Å². The Bertz CT molecular complexity index is 522. The first-order valence-corrected chi connectivity index (χ1v) is 5.71. The van der Waals surface area contributed by atoms with E-state index < -0.39 is 5.54 Å². The number of aliphatic hydroxyl groups is 1. The number of hydrogen-bond acceptors (Lipinski definition) is 5. The second-order valence-corrected chi connectivity index (χ2v) is 4.52. The summed E-state index contributed by atoms with van der Waals surface area (Å²) in [5.41, 5.74) is -0.427. The standard InChI is InChI=1S/C10H14ClN5O/c1-3-10(2,5-17)15-8-4-7(11)14-9-12-6-13-16(8)9/h4,6,15,17H,3,5H2,1-2H3. The third kappa shape index (κ3) is 2.32. The Labute approximate surface area is 104 Å². The summed E-state index contributed by atoms with van der Waals surface area (Å²) in [5.74, 6) is 1.09. The molecule has 1 unspecified atom stereocenters. The number of rotatable bonds is 4. The highest BCUT2D eigenvalue weighted by Gasteiger charge is 2.22. The summed E-state index contributed by atoms with van der Waals surface area (Å²) in [6.45, 7) is 3.92. The van der Waals surface area contributed by atoms with Crippen molar-refractivity contribution in [3.05, 3.63) is 17.5 Å². The van der Waals surface area contributed by atoms with Gasteiger partial charge in [0.2, 0.25) is 0 Å². The van der Waals surface area contributed by atoms with Gasteiger partial charge < -0.3 is 10.4 Å². The number of hydrogen-bond donors (Lipinski definition) is 2. The molecule has 0 bridgehead atoms. The fraction of sp³-hybridized carbons (Fsp3) is 0.500. The molecule has 92 valence electrons. The number of aliphatic hydroxyl groups excluding tert-OH is 1. The van der Waals surface area contributed by atoms with Gasteiger partial charge in [0.25, 0.3) is 5.78 Å². The van der Waals surface area contributed by atoms with Gasteiger partial charge in [-0.2, -0.15) is 19.6 Å². The van der Waals surface area contributed by atoms with Crippen molar-refractivity contribution in [1.29, 1.82) is 0 Å². The largest absolute Gasteiger partial charge is 0.394 e. The molecule has 7 heteroatoms. The van der Waals surface area contributed by atoms with Crippen molar-refractivity contribution in [3.63, 3.8) is 0 Å². The van der Waals surface area contributed by atoms with E-state index in [2.05, 4.69) is 20.4 Å². The van der Waals surface area contributed by atoms with E-state index in [-0.39, 0.29) is 6.61 Å². The minimum absolute atomic E-state index is 0.0135. The highest BCUT2D eigenvalue weighted by molar-refractivity contribution is 6.29. The van der Waals surface area contributed by atoms with Crippen LogP contribution in [0.1, 0.15) is 20.3 Å². The van der Waals surface area contributed by atoms with Crippen molar-refractivity contribution in [1.82, 2.24) is 19.6 Å². The Hall–Kier alpha value is -1.40. The summed E-state index contributed by atoms with van der Waals surface area (Å²) < 4.78 is 1.55. The van der Waals surface area contributed by atoms with E-state index in [1.165, 1.54) is 6.33 Å². The van der Waals surface area contributed by atoms with Gasteiger partial charge in [-0.1, -0.05) is 18.5 Å². The fourth-order valence-corrected chi connectivity index (χ4v) is 1.60. The maximum Gasteiger partial charge on any atom is 0.255 e. The average Bonchev–Trinajstić information content (AvgIpc) is 2.77. The molecule has 0 amide bonds. The molecule has 0 fully saturated rings. The number of anilines is 1. The normalized spacial score (nSPS) is 14.8. The Balaban J connectivity index is 2.44. The molecule has 17 heavy (non-hydrogen) atoms. The van der Waals surface area contributed by atoms with E-state index >= 15 is 0 Å². The molecule has 0 saturated carbocycles. The molecule has 0 aliphatic rings. The lowest BCUT2D eigenvalue weighted by Crippen LogP contribution is -2.38. The van der Waals surface area contributed by atoms with Gasteiger partial charge in [-0.25, -0.2) is 0 Å². The molecular weight excluding hydrogens is 242 g/mol. The van der Waals surface area contributed by atoms with E-state index in [1.54, 1.807) is 10.6 Å². The Morgan fingerprint density at radius 1 is 1.59 bits per heavy atom. The van der Waals surface area contributed by atoms with Crippen LogP contribution in [0.15, 0.2) is 12.4 Å². The second kappa shape index (κ2) is 4.46. The SMILES string of the molecule is CCC(C)(CO)Nc1cc(Cl)nc2ncnn12. The smallest absolute Gasteiger partial charge is 0.255 e. The van der Waals surface area contributed by atoms with Crippen LogP contribution in [0.4, 0.5) is 5.82 Å². The highest BCUT2D eigenvalue weighted by Crippen LogP contribution is 2.20. The maximum atomic E-state index is 9.38. The molecular formula is C10H14ClN5O. The highest BCUT2D eigenvalue weighted by atomic mass is 35.5. The molecule has 0 aliphatic carbocycles. The quantitative estimate of drug-likeness (QED) is 0.807. The molecule has 0 aromatic carbocycles. The van der Waals surface area contributed by atoms with E-state index in [4.69, 9.17) is 11.6 Å². The van der Waals surface area contributed by atoms with Crippen LogP contribution >= 0.6 is 11.6 Å². The zero-order chi connectivity index (χ0) is 12.5. The van der Waals surface area contributed by atoms with Crippen molar-refractivity contribution in [2.45, 2.75) is 25.8 Å². The van der Waals surface area contributed by atoms with Gasteiger partial charge in [-0.05, 0) is 13.3 Å². The Morgan fingerprint density at radius 3 is 3.00 bits per heavy atom. The monoisotopic (exact) mass is 255 g/mol. The van der Waals surface area contributed by atoms with Gasteiger partial charge in [0, 0.05) is 6.07 Å². The average molecular weight is 256 g/mol. The topological polar surface area (TPSA) is 75.3 Å². The van der Waals surface area contributed by atoms with Gasteiger partial charge in [-0.3, -0.25) is 0 Å². The Kier molecular flexibility index (Phi) is 3.17. The van der Waals surface area contributed by atoms with Gasteiger partial charge >= 0.3 is 0 Å². The number of nitrogens with zero attached hydrogens (tertiary/aromatic N) is 4. The van der Waals surface area contributed by atoms with Crippen LogP contribution in [0.2, 0.25) is 5.15 Å². The number of nitrogens with one attached hydrogen (secondary N) is 1. The van der Waals surface area contributed by atoms with Crippen molar-refractivity contribution < 1.29 is 5.11 Å². The summed E-state index contributed by atoms with van der Waals surface area (Å²) in [7, 11) is 0. The van der Waals surface area contributed by atoms with Crippen LogP contribution in [0, 0.1) is 0 Å². The van der Waals surface area contributed by atoms with Crippen LogP contribution in [0.5, 0.6) is 0 Å². The minimum atomic E-state index is -0.427. The summed E-state index contributed by atoms with van der Waals surface area (Å²) in [6, 6.07) is 1.66. The molecule has 1 atom stereocenters. The zero-order valence-electron chi connectivity index (χ0n) is 9.68. The summed E-state index contributed by atoms with van der Waals surface area (Å²) >= 11 is 5.90.